The van der Waals surface area contributed by atoms with E-state index in [1.165, 1.54) is 0 Å². The van der Waals surface area contributed by atoms with E-state index in [4.69, 9.17) is 23.7 Å². The van der Waals surface area contributed by atoms with Gasteiger partial charge < -0.3 is 28.8 Å². The number of rotatable bonds is 6. The average Bonchev–Trinajstić information content (AvgIpc) is 3.18. The highest BCUT2D eigenvalue weighted by molar-refractivity contribution is 5.89. The van der Waals surface area contributed by atoms with Crippen LogP contribution >= 0.6 is 0 Å². The Kier molecular flexibility index (Phi) is 5.81. The Hall–Kier alpha value is -2.78. The molecule has 2 saturated heterocycles. The largest absolute Gasteiger partial charge is 0.459 e. The van der Waals surface area contributed by atoms with E-state index in [0.29, 0.717) is 11.1 Å². The molecule has 0 spiro atoms. The lowest BCUT2D eigenvalue weighted by molar-refractivity contribution is -0.276. The fraction of sp³-hybridized carbons (Fsp3) is 0.391. The lowest BCUT2D eigenvalue weighted by Crippen LogP contribution is -2.45. The van der Waals surface area contributed by atoms with Crippen molar-refractivity contribution >= 4 is 11.9 Å². The van der Waals surface area contributed by atoms with Crippen LogP contribution in [-0.2, 0) is 23.7 Å². The lowest BCUT2D eigenvalue weighted by atomic mass is 10.1. The van der Waals surface area contributed by atoms with E-state index < -0.39 is 41.8 Å². The Bertz CT molecular complexity index is 929. The number of carbonyl (C=O) groups excluding carboxylic acids is 2. The number of aliphatic hydroxyl groups excluding tert-OH is 1. The van der Waals surface area contributed by atoms with Gasteiger partial charge in [-0.25, -0.2) is 9.59 Å². The molecule has 8 heteroatoms. The molecule has 0 amide bonds. The zero-order chi connectivity index (χ0) is 22.1. The number of esters is 2. The van der Waals surface area contributed by atoms with Crippen molar-refractivity contribution in [3.8, 4) is 0 Å². The summed E-state index contributed by atoms with van der Waals surface area (Å²) in [6.45, 7) is 2.83. The molecule has 4 rings (SSSR count). The summed E-state index contributed by atoms with van der Waals surface area (Å²) in [5, 5.41) is 10.8. The van der Waals surface area contributed by atoms with E-state index in [2.05, 4.69) is 0 Å². The highest BCUT2D eigenvalue weighted by Crippen LogP contribution is 2.45. The maximum Gasteiger partial charge on any atom is 0.338 e. The number of ether oxygens (including phenoxy) is 5. The summed E-state index contributed by atoms with van der Waals surface area (Å²) in [4.78, 5) is 24.6. The van der Waals surface area contributed by atoms with Crippen LogP contribution in [0.25, 0.3) is 0 Å². The second-order valence-electron chi connectivity index (χ2n) is 7.91. The van der Waals surface area contributed by atoms with E-state index in [0.717, 1.165) is 0 Å². The first kappa shape index (κ1) is 21.5. The highest BCUT2D eigenvalue weighted by Gasteiger charge is 2.65. The molecule has 2 aromatic rings. The van der Waals surface area contributed by atoms with Crippen molar-refractivity contribution in [3.63, 3.8) is 0 Å². The van der Waals surface area contributed by atoms with Crippen molar-refractivity contribution in [2.24, 2.45) is 0 Å². The molecule has 8 nitrogen and oxygen atoms in total. The van der Waals surface area contributed by atoms with Gasteiger partial charge in [0.2, 0.25) is 5.79 Å². The fourth-order valence-electron chi connectivity index (χ4n) is 3.75. The minimum absolute atomic E-state index is 0.215. The van der Waals surface area contributed by atoms with Crippen LogP contribution in [0.5, 0.6) is 0 Å². The molecule has 4 atom stereocenters. The Morgan fingerprint density at radius 3 is 2.03 bits per heavy atom. The Balaban J connectivity index is 1.43. The summed E-state index contributed by atoms with van der Waals surface area (Å²) in [5.74, 6) is -3.67. The van der Waals surface area contributed by atoms with Gasteiger partial charge in [0.1, 0.15) is 31.5 Å². The number of fused-ring (bicyclic) bond motifs is 1. The molecule has 2 heterocycles. The van der Waals surface area contributed by atoms with Crippen molar-refractivity contribution in [2.45, 2.75) is 43.7 Å². The fourth-order valence-corrected chi connectivity index (χ4v) is 3.75. The molecule has 1 N–H and O–H groups in total. The molecule has 2 aliphatic heterocycles. The zero-order valence-corrected chi connectivity index (χ0v) is 17.2. The molecular formula is C23H24O8. The number of benzene rings is 2. The van der Waals surface area contributed by atoms with Crippen LogP contribution in [0.3, 0.4) is 0 Å². The Labute approximate surface area is 179 Å². The molecule has 2 aromatic carbocycles. The molecule has 0 radical (unpaired) electrons. The van der Waals surface area contributed by atoms with Gasteiger partial charge in [-0.1, -0.05) is 36.4 Å². The topological polar surface area (TPSA) is 101 Å². The number of hydrogen-bond acceptors (Lipinski definition) is 8. The van der Waals surface area contributed by atoms with Crippen LogP contribution in [0.15, 0.2) is 60.7 Å². The molecule has 0 saturated carbocycles. The van der Waals surface area contributed by atoms with Gasteiger partial charge >= 0.3 is 11.9 Å². The van der Waals surface area contributed by atoms with Crippen LogP contribution in [0.4, 0.5) is 0 Å². The lowest BCUT2D eigenvalue weighted by Gasteiger charge is -2.28. The predicted octanol–water partition coefficient (Wildman–Crippen LogP) is 2.31. The smallest absolute Gasteiger partial charge is 0.338 e. The maximum absolute atomic E-state index is 12.4. The Morgan fingerprint density at radius 2 is 1.45 bits per heavy atom. The van der Waals surface area contributed by atoms with Crippen LogP contribution in [0.2, 0.25) is 0 Å². The summed E-state index contributed by atoms with van der Waals surface area (Å²) in [5.41, 5.74) is 0.760. The van der Waals surface area contributed by atoms with E-state index >= 15 is 0 Å². The third-order valence-corrected chi connectivity index (χ3v) is 5.11. The molecular weight excluding hydrogens is 404 g/mol. The quantitative estimate of drug-likeness (QED) is 0.700. The highest BCUT2D eigenvalue weighted by atomic mass is 16.9. The van der Waals surface area contributed by atoms with E-state index in [9.17, 15) is 14.7 Å². The molecule has 164 valence electrons. The predicted molar refractivity (Wildman–Crippen MR) is 107 cm³/mol. The molecule has 4 unspecified atom stereocenters. The van der Waals surface area contributed by atoms with Crippen LogP contribution in [0.1, 0.15) is 34.6 Å². The van der Waals surface area contributed by atoms with Gasteiger partial charge in [-0.15, -0.1) is 0 Å². The van der Waals surface area contributed by atoms with Crippen molar-refractivity contribution < 1.29 is 38.4 Å². The van der Waals surface area contributed by atoms with Gasteiger partial charge in [0.05, 0.1) is 11.1 Å². The Morgan fingerprint density at radius 1 is 0.903 bits per heavy atom. The van der Waals surface area contributed by atoms with Gasteiger partial charge in [0, 0.05) is 0 Å². The molecule has 0 bridgehead atoms. The van der Waals surface area contributed by atoms with Gasteiger partial charge in [0.25, 0.3) is 0 Å². The molecule has 0 aliphatic carbocycles. The monoisotopic (exact) mass is 428 g/mol. The second-order valence-corrected chi connectivity index (χ2v) is 7.91. The minimum atomic E-state index is -1.52. The SMILES string of the molecule is CC1(C)OC2C(O)C(COC(=O)c3ccccc3)OC2(COC(=O)c2ccccc2)O1. The van der Waals surface area contributed by atoms with Crippen molar-refractivity contribution in [1.29, 1.82) is 0 Å². The van der Waals surface area contributed by atoms with Gasteiger partial charge in [0.15, 0.2) is 5.79 Å². The molecule has 0 aromatic heterocycles. The number of hydrogen-bond donors (Lipinski definition) is 1. The third-order valence-electron chi connectivity index (χ3n) is 5.11. The third kappa shape index (κ3) is 4.47. The number of carbonyl (C=O) groups is 2. The summed E-state index contributed by atoms with van der Waals surface area (Å²) in [6.07, 6.45) is -2.99. The normalized spacial score (nSPS) is 28.7. The van der Waals surface area contributed by atoms with E-state index in [1.54, 1.807) is 74.5 Å². The van der Waals surface area contributed by atoms with Gasteiger partial charge in [-0.2, -0.15) is 0 Å². The maximum atomic E-state index is 12.4. The minimum Gasteiger partial charge on any atom is -0.459 e. The van der Waals surface area contributed by atoms with E-state index in [1.807, 2.05) is 0 Å². The first-order chi connectivity index (χ1) is 14.8. The molecule has 31 heavy (non-hydrogen) atoms. The molecule has 2 aliphatic rings. The van der Waals surface area contributed by atoms with E-state index in [-0.39, 0.29) is 13.2 Å². The van der Waals surface area contributed by atoms with Crippen molar-refractivity contribution in [1.82, 2.24) is 0 Å². The first-order valence-corrected chi connectivity index (χ1v) is 9.98. The summed E-state index contributed by atoms with van der Waals surface area (Å²) < 4.78 is 28.4. The molecule has 2 fully saturated rings. The van der Waals surface area contributed by atoms with Crippen LogP contribution < -0.4 is 0 Å². The van der Waals surface area contributed by atoms with Crippen LogP contribution in [-0.4, -0.2) is 60.1 Å². The first-order valence-electron chi connectivity index (χ1n) is 9.98. The average molecular weight is 428 g/mol. The van der Waals surface area contributed by atoms with Crippen molar-refractivity contribution in [3.05, 3.63) is 71.8 Å². The standard InChI is InChI=1S/C23H24O8/c1-22(2)30-19-18(24)17(13-27-20(25)15-9-5-3-6-10-15)29-23(19,31-22)14-28-21(26)16-11-7-4-8-12-16/h3-12,17-19,24H,13-14H2,1-2H3. The zero-order valence-electron chi connectivity index (χ0n) is 17.2. The summed E-state index contributed by atoms with van der Waals surface area (Å²) in [6, 6.07) is 17.0. The van der Waals surface area contributed by atoms with Gasteiger partial charge in [-0.3, -0.25) is 0 Å². The van der Waals surface area contributed by atoms with Crippen molar-refractivity contribution in [2.75, 3.05) is 13.2 Å². The number of aliphatic hydroxyl groups is 1. The van der Waals surface area contributed by atoms with Gasteiger partial charge in [-0.05, 0) is 38.1 Å². The second kappa shape index (κ2) is 8.39. The summed E-state index contributed by atoms with van der Waals surface area (Å²) >= 11 is 0. The van der Waals surface area contributed by atoms with Crippen LogP contribution in [0, 0.1) is 0 Å². The summed E-state index contributed by atoms with van der Waals surface area (Å²) in [7, 11) is 0.